The summed E-state index contributed by atoms with van der Waals surface area (Å²) in [5.41, 5.74) is 10.9. The maximum Gasteiger partial charge on any atom is 0.421 e. The Kier molecular flexibility index (Phi) is 2.88. The predicted octanol–water partition coefficient (Wildman–Crippen LogP) is 7.07. The summed E-state index contributed by atoms with van der Waals surface area (Å²) in [6.45, 7) is 0.0706. The molecule has 0 saturated carbocycles. The van der Waals surface area contributed by atoms with Crippen LogP contribution in [0.15, 0.2) is 108 Å². The number of rotatable bonds is 0. The molecule has 0 N–H and O–H groups in total. The van der Waals surface area contributed by atoms with Crippen molar-refractivity contribution in [3.63, 3.8) is 0 Å². The van der Waals surface area contributed by atoms with Crippen molar-refractivity contribution in [2.45, 2.75) is 0 Å². The molecule has 0 bridgehead atoms. The van der Waals surface area contributed by atoms with Gasteiger partial charge in [-0.2, -0.15) is 0 Å². The van der Waals surface area contributed by atoms with E-state index in [1.54, 1.807) is 0 Å². The molecule has 156 valence electrons. The van der Waals surface area contributed by atoms with Gasteiger partial charge in [0.25, 0.3) is 0 Å². The Hall–Kier alpha value is -4.44. The fourth-order valence-corrected chi connectivity index (χ4v) is 6.45. The summed E-state index contributed by atoms with van der Waals surface area (Å²) in [5.74, 6) is 0. The number of benzene rings is 5. The number of nitrogens with zero attached hydrogens (tertiary/aromatic N) is 2. The molecule has 2 aliphatic heterocycles. The third-order valence-corrected chi connectivity index (χ3v) is 7.74. The number of furan rings is 1. The van der Waals surface area contributed by atoms with Crippen LogP contribution < -0.4 is 10.3 Å². The van der Waals surface area contributed by atoms with Gasteiger partial charge < -0.3 is 13.7 Å². The Balaban J connectivity index is 1.55. The molecule has 0 unspecified atom stereocenters. The van der Waals surface area contributed by atoms with Crippen LogP contribution in [0.25, 0.3) is 54.9 Å². The van der Waals surface area contributed by atoms with E-state index in [0.29, 0.717) is 0 Å². The van der Waals surface area contributed by atoms with Crippen molar-refractivity contribution < 1.29 is 4.42 Å². The quantitative estimate of drug-likeness (QED) is 0.239. The van der Waals surface area contributed by atoms with Gasteiger partial charge in [0.15, 0.2) is 0 Å². The molecule has 7 aromatic rings. The van der Waals surface area contributed by atoms with Crippen LogP contribution in [0.4, 0.5) is 11.4 Å². The van der Waals surface area contributed by atoms with Gasteiger partial charge in [-0.3, -0.25) is 0 Å². The third kappa shape index (κ3) is 1.81. The molecule has 9 rings (SSSR count). The second-order valence-corrected chi connectivity index (χ2v) is 9.33. The highest BCUT2D eigenvalue weighted by atomic mass is 16.3. The fourth-order valence-electron chi connectivity index (χ4n) is 6.45. The zero-order valence-electron chi connectivity index (χ0n) is 18.2. The maximum absolute atomic E-state index is 6.53. The Morgan fingerprint density at radius 1 is 0.618 bits per heavy atom. The molecule has 4 heterocycles. The lowest BCUT2D eigenvalue weighted by Crippen LogP contribution is -2.51. The summed E-state index contributed by atoms with van der Waals surface area (Å²) in [4.78, 5) is 2.54. The summed E-state index contributed by atoms with van der Waals surface area (Å²) in [6.07, 6.45) is 0. The molecule has 0 atom stereocenters. The molecule has 2 aromatic heterocycles. The van der Waals surface area contributed by atoms with Gasteiger partial charge in [0.1, 0.15) is 11.2 Å². The lowest BCUT2D eigenvalue weighted by molar-refractivity contribution is 0.673. The van der Waals surface area contributed by atoms with E-state index in [-0.39, 0.29) is 6.98 Å². The number of fused-ring (bicyclic) bond motifs is 15. The van der Waals surface area contributed by atoms with Crippen LogP contribution in [-0.4, -0.2) is 11.5 Å². The number of hydrogen-bond acceptors (Lipinski definition) is 2. The molecule has 0 radical (unpaired) electrons. The number of anilines is 2. The van der Waals surface area contributed by atoms with Gasteiger partial charge >= 0.3 is 6.98 Å². The third-order valence-electron chi connectivity index (χ3n) is 7.74. The summed E-state index contributed by atoms with van der Waals surface area (Å²) < 4.78 is 9.06. The van der Waals surface area contributed by atoms with Crippen LogP contribution in [0.1, 0.15) is 0 Å². The molecule has 2 aliphatic rings. The van der Waals surface area contributed by atoms with Crippen molar-refractivity contribution in [3.8, 4) is 11.1 Å². The molecule has 3 nitrogen and oxygen atoms in total. The van der Waals surface area contributed by atoms with Crippen LogP contribution in [0.3, 0.4) is 0 Å². The van der Waals surface area contributed by atoms with Crippen LogP contribution in [0, 0.1) is 0 Å². The van der Waals surface area contributed by atoms with Crippen LogP contribution in [0.5, 0.6) is 0 Å². The normalized spacial score (nSPS) is 13.8. The predicted molar refractivity (Wildman–Crippen MR) is 142 cm³/mol. The first kappa shape index (κ1) is 17.1. The van der Waals surface area contributed by atoms with E-state index >= 15 is 0 Å². The second-order valence-electron chi connectivity index (χ2n) is 9.33. The van der Waals surface area contributed by atoms with Crippen molar-refractivity contribution in [2.75, 3.05) is 4.81 Å². The standard InChI is InChI=1S/C30H17BN2O/c1-5-13-23-18(9-1)19-10-2-6-14-24(19)32-26-17-22-20-11-4-8-16-27(20)34-30(22)28-21-12-3-7-15-25(21)33(29(26)28)31(23)32/h1-17H. The Bertz CT molecular complexity index is 2000. The molecule has 0 spiro atoms. The molecule has 5 aromatic carbocycles. The Morgan fingerprint density at radius 3 is 2.29 bits per heavy atom. The monoisotopic (exact) mass is 432 g/mol. The van der Waals surface area contributed by atoms with Crippen molar-refractivity contribution in [2.24, 2.45) is 0 Å². The minimum Gasteiger partial charge on any atom is -0.455 e. The zero-order chi connectivity index (χ0) is 22.0. The lowest BCUT2D eigenvalue weighted by Gasteiger charge is -2.34. The summed E-state index contributed by atoms with van der Waals surface area (Å²) in [7, 11) is 0. The van der Waals surface area contributed by atoms with Crippen molar-refractivity contribution in [3.05, 3.63) is 103 Å². The van der Waals surface area contributed by atoms with E-state index < -0.39 is 0 Å². The van der Waals surface area contributed by atoms with E-state index in [9.17, 15) is 0 Å². The highest BCUT2D eigenvalue weighted by Crippen LogP contribution is 2.52. The first-order valence-corrected chi connectivity index (χ1v) is 11.7. The number of aromatic nitrogens is 1. The van der Waals surface area contributed by atoms with Gasteiger partial charge in [-0.25, -0.2) is 0 Å². The van der Waals surface area contributed by atoms with Crippen LogP contribution in [-0.2, 0) is 0 Å². The number of para-hydroxylation sites is 3. The average Bonchev–Trinajstić information content (AvgIpc) is 3.55. The van der Waals surface area contributed by atoms with E-state index in [1.807, 2.05) is 6.07 Å². The largest absolute Gasteiger partial charge is 0.455 e. The van der Waals surface area contributed by atoms with Crippen molar-refractivity contribution in [1.82, 2.24) is 4.48 Å². The summed E-state index contributed by atoms with van der Waals surface area (Å²) >= 11 is 0. The molecule has 0 saturated heterocycles. The van der Waals surface area contributed by atoms with Gasteiger partial charge in [0.05, 0.1) is 16.6 Å². The average molecular weight is 432 g/mol. The van der Waals surface area contributed by atoms with Crippen molar-refractivity contribution >= 4 is 67.6 Å². The fraction of sp³-hybridized carbons (Fsp3) is 0. The van der Waals surface area contributed by atoms with Crippen LogP contribution >= 0.6 is 0 Å². The topological polar surface area (TPSA) is 21.3 Å². The molecular formula is C30H17BN2O. The first-order valence-electron chi connectivity index (χ1n) is 11.7. The number of hydrogen-bond donors (Lipinski definition) is 0. The van der Waals surface area contributed by atoms with Crippen molar-refractivity contribution in [1.29, 1.82) is 0 Å². The Labute approximate surface area is 195 Å². The van der Waals surface area contributed by atoms with Crippen LogP contribution in [0.2, 0.25) is 0 Å². The van der Waals surface area contributed by atoms with Gasteiger partial charge in [0, 0.05) is 32.9 Å². The van der Waals surface area contributed by atoms with Gasteiger partial charge in [-0.15, -0.1) is 0 Å². The highest BCUT2D eigenvalue weighted by Gasteiger charge is 2.45. The highest BCUT2D eigenvalue weighted by molar-refractivity contribution is 6.82. The molecule has 0 amide bonds. The molecule has 4 heteroatoms. The van der Waals surface area contributed by atoms with E-state index in [4.69, 9.17) is 4.42 Å². The molecule has 0 aliphatic carbocycles. The summed E-state index contributed by atoms with van der Waals surface area (Å²) in [5, 5.41) is 4.81. The lowest BCUT2D eigenvalue weighted by atomic mass is 9.60. The smallest absolute Gasteiger partial charge is 0.421 e. The molecular weight excluding hydrogens is 415 g/mol. The SMILES string of the molecule is c1ccc2c(c1)B1N(c3ccccc3-2)c2cc3c4ccccc4oc3c3c4ccccc4n1c23. The Morgan fingerprint density at radius 2 is 1.35 bits per heavy atom. The van der Waals surface area contributed by atoms with E-state index in [2.05, 4.69) is 106 Å². The minimum absolute atomic E-state index is 0.0706. The zero-order valence-corrected chi connectivity index (χ0v) is 18.2. The maximum atomic E-state index is 6.53. The van der Waals surface area contributed by atoms with Gasteiger partial charge in [-0.05, 0) is 35.3 Å². The second kappa shape index (κ2) is 5.73. The minimum atomic E-state index is 0.0706. The molecule has 34 heavy (non-hydrogen) atoms. The first-order chi connectivity index (χ1) is 16.9. The molecule has 0 fully saturated rings. The van der Waals surface area contributed by atoms with E-state index in [0.717, 1.165) is 11.2 Å². The van der Waals surface area contributed by atoms with E-state index in [1.165, 1.54) is 60.5 Å². The summed E-state index contributed by atoms with van der Waals surface area (Å²) in [6, 6.07) is 37.2. The van der Waals surface area contributed by atoms with Gasteiger partial charge in [-0.1, -0.05) is 78.9 Å². The van der Waals surface area contributed by atoms with Gasteiger partial charge in [0.2, 0.25) is 0 Å².